The third-order valence-corrected chi connectivity index (χ3v) is 2.67. The molecule has 0 aromatic heterocycles. The number of alkyl halides is 3. The zero-order chi connectivity index (χ0) is 11.8. The second kappa shape index (κ2) is 3.63. The molecule has 0 spiro atoms. The van der Waals surface area contributed by atoms with Crippen molar-refractivity contribution in [1.82, 2.24) is 0 Å². The van der Waals surface area contributed by atoms with Crippen LogP contribution >= 0.6 is 0 Å². The Hall–Kier alpha value is -1.29. The van der Waals surface area contributed by atoms with Crippen LogP contribution in [0.2, 0.25) is 0 Å². The normalized spacial score (nSPS) is 19.0. The zero-order valence-corrected chi connectivity index (χ0v) is 8.59. The van der Waals surface area contributed by atoms with E-state index in [1.54, 1.807) is 6.08 Å². The smallest absolute Gasteiger partial charge is 0.322 e. The van der Waals surface area contributed by atoms with Gasteiger partial charge in [-0.25, -0.2) is 0 Å². The van der Waals surface area contributed by atoms with Gasteiger partial charge in [0.15, 0.2) is 0 Å². The first-order chi connectivity index (χ1) is 7.39. The lowest BCUT2D eigenvalue weighted by Crippen LogP contribution is -2.17. The van der Waals surface area contributed by atoms with Gasteiger partial charge in [0.2, 0.25) is 0 Å². The average Bonchev–Trinajstić information content (AvgIpc) is 2.94. The SMILES string of the molecule is NC1(/C=C/c2ccc(C(F)(F)F)cc2)CC1. The zero-order valence-electron chi connectivity index (χ0n) is 8.59. The van der Waals surface area contributed by atoms with E-state index in [2.05, 4.69) is 0 Å². The highest BCUT2D eigenvalue weighted by Crippen LogP contribution is 2.34. The number of hydrogen-bond acceptors (Lipinski definition) is 1. The second-order valence-electron chi connectivity index (χ2n) is 4.19. The van der Waals surface area contributed by atoms with Gasteiger partial charge in [-0.3, -0.25) is 0 Å². The maximum atomic E-state index is 12.3. The quantitative estimate of drug-likeness (QED) is 0.824. The molecular formula is C12H12F3N. The van der Waals surface area contributed by atoms with Gasteiger partial charge >= 0.3 is 6.18 Å². The summed E-state index contributed by atoms with van der Waals surface area (Å²) in [5.41, 5.74) is 5.72. The van der Waals surface area contributed by atoms with Crippen LogP contribution in [0.1, 0.15) is 24.0 Å². The van der Waals surface area contributed by atoms with Crippen LogP contribution in [0.3, 0.4) is 0 Å². The molecule has 1 saturated carbocycles. The van der Waals surface area contributed by atoms with E-state index in [-0.39, 0.29) is 5.54 Å². The fourth-order valence-electron chi connectivity index (χ4n) is 1.36. The third-order valence-electron chi connectivity index (χ3n) is 2.67. The Balaban J connectivity index is 2.10. The first-order valence-electron chi connectivity index (χ1n) is 5.04. The van der Waals surface area contributed by atoms with Crippen LogP contribution in [0.4, 0.5) is 13.2 Å². The maximum Gasteiger partial charge on any atom is 0.416 e. The first kappa shape index (κ1) is 11.2. The summed E-state index contributed by atoms with van der Waals surface area (Å²) in [6.45, 7) is 0. The van der Waals surface area contributed by atoms with E-state index in [0.717, 1.165) is 30.5 Å². The Morgan fingerprint density at radius 2 is 1.69 bits per heavy atom. The minimum atomic E-state index is -4.27. The predicted molar refractivity (Wildman–Crippen MR) is 56.6 cm³/mol. The summed E-state index contributed by atoms with van der Waals surface area (Å²) in [5.74, 6) is 0. The molecule has 0 amide bonds. The van der Waals surface area contributed by atoms with Gasteiger partial charge in [0.1, 0.15) is 0 Å². The van der Waals surface area contributed by atoms with Crippen molar-refractivity contribution in [3.05, 3.63) is 41.5 Å². The molecule has 1 nitrogen and oxygen atoms in total. The van der Waals surface area contributed by atoms with Crippen LogP contribution in [0.15, 0.2) is 30.3 Å². The van der Waals surface area contributed by atoms with Gasteiger partial charge < -0.3 is 5.73 Å². The summed E-state index contributed by atoms with van der Waals surface area (Å²) >= 11 is 0. The maximum absolute atomic E-state index is 12.3. The third kappa shape index (κ3) is 2.64. The van der Waals surface area contributed by atoms with E-state index in [1.165, 1.54) is 12.1 Å². The Morgan fingerprint density at radius 3 is 2.12 bits per heavy atom. The van der Waals surface area contributed by atoms with Gasteiger partial charge in [-0.1, -0.05) is 24.3 Å². The van der Waals surface area contributed by atoms with Gasteiger partial charge in [0.25, 0.3) is 0 Å². The van der Waals surface area contributed by atoms with Crippen LogP contribution in [0.25, 0.3) is 6.08 Å². The number of nitrogens with two attached hydrogens (primary N) is 1. The fourth-order valence-corrected chi connectivity index (χ4v) is 1.36. The van der Waals surface area contributed by atoms with E-state index in [9.17, 15) is 13.2 Å². The van der Waals surface area contributed by atoms with Crippen molar-refractivity contribution in [2.24, 2.45) is 5.73 Å². The lowest BCUT2D eigenvalue weighted by Gasteiger charge is -2.06. The van der Waals surface area contributed by atoms with E-state index >= 15 is 0 Å². The van der Waals surface area contributed by atoms with Crippen molar-refractivity contribution in [3.63, 3.8) is 0 Å². The molecule has 1 fully saturated rings. The van der Waals surface area contributed by atoms with E-state index in [1.807, 2.05) is 6.08 Å². The molecule has 86 valence electrons. The molecule has 4 heteroatoms. The molecule has 2 rings (SSSR count). The minimum absolute atomic E-state index is 0.220. The Bertz CT molecular complexity index is 399. The largest absolute Gasteiger partial charge is 0.416 e. The van der Waals surface area contributed by atoms with Crippen LogP contribution in [0, 0.1) is 0 Å². The molecule has 0 heterocycles. The number of rotatable bonds is 2. The fraction of sp³-hybridized carbons (Fsp3) is 0.333. The number of halogens is 3. The Labute approximate surface area is 91.8 Å². The minimum Gasteiger partial charge on any atom is -0.322 e. The first-order valence-corrected chi connectivity index (χ1v) is 5.04. The van der Waals surface area contributed by atoms with E-state index < -0.39 is 11.7 Å². The van der Waals surface area contributed by atoms with Crippen molar-refractivity contribution >= 4 is 6.08 Å². The molecule has 1 aromatic rings. The van der Waals surface area contributed by atoms with Crippen LogP contribution in [-0.4, -0.2) is 5.54 Å². The van der Waals surface area contributed by atoms with Gasteiger partial charge in [0, 0.05) is 5.54 Å². The van der Waals surface area contributed by atoms with E-state index in [0.29, 0.717) is 0 Å². The molecular weight excluding hydrogens is 215 g/mol. The molecule has 1 aliphatic rings. The molecule has 2 N–H and O–H groups in total. The summed E-state index contributed by atoms with van der Waals surface area (Å²) < 4.78 is 36.8. The van der Waals surface area contributed by atoms with Gasteiger partial charge in [-0.05, 0) is 30.5 Å². The Morgan fingerprint density at radius 1 is 1.12 bits per heavy atom. The lowest BCUT2D eigenvalue weighted by atomic mass is 10.1. The van der Waals surface area contributed by atoms with Crippen LogP contribution < -0.4 is 5.73 Å². The van der Waals surface area contributed by atoms with Crippen LogP contribution in [-0.2, 0) is 6.18 Å². The second-order valence-corrected chi connectivity index (χ2v) is 4.19. The topological polar surface area (TPSA) is 26.0 Å². The highest BCUT2D eigenvalue weighted by Gasteiger charge is 2.35. The van der Waals surface area contributed by atoms with Gasteiger partial charge in [-0.15, -0.1) is 0 Å². The molecule has 16 heavy (non-hydrogen) atoms. The van der Waals surface area contributed by atoms with Crippen molar-refractivity contribution < 1.29 is 13.2 Å². The molecule has 1 aliphatic carbocycles. The summed E-state index contributed by atoms with van der Waals surface area (Å²) in [6, 6.07) is 5.06. The molecule has 0 atom stereocenters. The average molecular weight is 227 g/mol. The predicted octanol–water partition coefficient (Wildman–Crippen LogP) is 3.21. The van der Waals surface area contributed by atoms with Crippen molar-refractivity contribution in [2.75, 3.05) is 0 Å². The Kier molecular flexibility index (Phi) is 2.54. The molecule has 0 bridgehead atoms. The summed E-state index contributed by atoms with van der Waals surface area (Å²) in [6.07, 6.45) is 1.25. The van der Waals surface area contributed by atoms with E-state index in [4.69, 9.17) is 5.73 Å². The van der Waals surface area contributed by atoms with Crippen molar-refractivity contribution in [1.29, 1.82) is 0 Å². The standard InChI is InChI=1S/C12H12F3N/c13-12(14,15)10-3-1-9(2-4-10)5-6-11(16)7-8-11/h1-6H,7-8,16H2/b6-5+. The summed E-state index contributed by atoms with van der Waals surface area (Å²) in [4.78, 5) is 0. The van der Waals surface area contributed by atoms with Gasteiger partial charge in [-0.2, -0.15) is 13.2 Å². The van der Waals surface area contributed by atoms with Crippen molar-refractivity contribution in [2.45, 2.75) is 24.6 Å². The highest BCUT2D eigenvalue weighted by atomic mass is 19.4. The summed E-state index contributed by atoms with van der Waals surface area (Å²) in [5, 5.41) is 0. The highest BCUT2D eigenvalue weighted by molar-refractivity contribution is 5.52. The van der Waals surface area contributed by atoms with Crippen molar-refractivity contribution in [3.8, 4) is 0 Å². The summed E-state index contributed by atoms with van der Waals surface area (Å²) in [7, 11) is 0. The number of benzene rings is 1. The molecule has 1 aromatic carbocycles. The monoisotopic (exact) mass is 227 g/mol. The lowest BCUT2D eigenvalue weighted by molar-refractivity contribution is -0.137. The molecule has 0 aliphatic heterocycles. The van der Waals surface area contributed by atoms with Gasteiger partial charge in [0.05, 0.1) is 5.56 Å². The molecule has 0 radical (unpaired) electrons. The molecule has 0 unspecified atom stereocenters. The van der Waals surface area contributed by atoms with Crippen LogP contribution in [0.5, 0.6) is 0 Å². The number of hydrogen-bond donors (Lipinski definition) is 1. The molecule has 0 saturated heterocycles.